The zero-order valence-electron chi connectivity index (χ0n) is 13.0. The Morgan fingerprint density at radius 1 is 1.19 bits per heavy atom. The lowest BCUT2D eigenvalue weighted by atomic mass is 10.3. The average Bonchev–Trinajstić information content (AvgIpc) is 3.29. The molecule has 0 bridgehead atoms. The predicted octanol–water partition coefficient (Wildman–Crippen LogP) is 3.32. The van der Waals surface area contributed by atoms with Crippen molar-refractivity contribution in [1.82, 2.24) is 4.31 Å². The summed E-state index contributed by atoms with van der Waals surface area (Å²) in [4.78, 5) is 0.410. The average molecular weight is 310 g/mol. The molecule has 4 nitrogen and oxygen atoms in total. The second-order valence-corrected chi connectivity index (χ2v) is 7.64. The molecule has 0 amide bonds. The Kier molecular flexibility index (Phi) is 5.65. The van der Waals surface area contributed by atoms with Gasteiger partial charge in [0.2, 0.25) is 10.0 Å². The summed E-state index contributed by atoms with van der Waals surface area (Å²) in [5, 5.41) is 3.23. The third-order valence-electron chi connectivity index (χ3n) is 3.70. The van der Waals surface area contributed by atoms with Gasteiger partial charge in [-0.1, -0.05) is 26.0 Å². The van der Waals surface area contributed by atoms with Gasteiger partial charge >= 0.3 is 0 Å². The van der Waals surface area contributed by atoms with Gasteiger partial charge in [-0.05, 0) is 43.7 Å². The first-order valence-electron chi connectivity index (χ1n) is 7.92. The molecule has 1 aromatic carbocycles. The molecule has 0 heterocycles. The van der Waals surface area contributed by atoms with Crippen LogP contribution in [0.5, 0.6) is 0 Å². The summed E-state index contributed by atoms with van der Waals surface area (Å²) in [5.41, 5.74) is 0.719. The van der Waals surface area contributed by atoms with Gasteiger partial charge in [-0.25, -0.2) is 8.42 Å². The highest BCUT2D eigenvalue weighted by molar-refractivity contribution is 7.89. The zero-order chi connectivity index (χ0) is 15.3. The van der Waals surface area contributed by atoms with E-state index in [4.69, 9.17) is 0 Å². The highest BCUT2D eigenvalue weighted by Crippen LogP contribution is 2.33. The van der Waals surface area contributed by atoms with Crippen molar-refractivity contribution in [2.75, 3.05) is 25.0 Å². The van der Waals surface area contributed by atoms with E-state index in [1.807, 2.05) is 19.1 Å². The molecule has 1 aliphatic carbocycles. The first kappa shape index (κ1) is 16.3. The normalized spacial score (nSPS) is 15.4. The minimum atomic E-state index is -3.41. The van der Waals surface area contributed by atoms with E-state index in [9.17, 15) is 8.42 Å². The van der Waals surface area contributed by atoms with E-state index in [2.05, 4.69) is 12.2 Å². The van der Waals surface area contributed by atoms with Gasteiger partial charge in [0, 0.05) is 19.6 Å². The third kappa shape index (κ3) is 4.20. The van der Waals surface area contributed by atoms with E-state index in [-0.39, 0.29) is 0 Å². The molecular weight excluding hydrogens is 284 g/mol. The number of benzene rings is 1. The van der Waals surface area contributed by atoms with Crippen molar-refractivity contribution in [3.8, 4) is 0 Å². The van der Waals surface area contributed by atoms with Crippen molar-refractivity contribution in [1.29, 1.82) is 0 Å². The van der Waals surface area contributed by atoms with Crippen LogP contribution in [-0.4, -0.2) is 32.4 Å². The summed E-state index contributed by atoms with van der Waals surface area (Å²) in [5.74, 6) is 0.557. The molecular formula is C16H26N2O2S. The van der Waals surface area contributed by atoms with E-state index >= 15 is 0 Å². The molecule has 0 aliphatic heterocycles. The Balaban J connectivity index is 2.27. The molecule has 118 valence electrons. The molecule has 0 radical (unpaired) electrons. The summed E-state index contributed by atoms with van der Waals surface area (Å²) in [6, 6.07) is 7.24. The minimum absolute atomic E-state index is 0.410. The topological polar surface area (TPSA) is 49.4 Å². The maximum atomic E-state index is 13.0. The van der Waals surface area contributed by atoms with Crippen molar-refractivity contribution >= 4 is 15.7 Å². The van der Waals surface area contributed by atoms with E-state index < -0.39 is 10.0 Å². The van der Waals surface area contributed by atoms with Crippen molar-refractivity contribution < 1.29 is 8.42 Å². The van der Waals surface area contributed by atoms with Crippen LogP contribution in [0.25, 0.3) is 0 Å². The highest BCUT2D eigenvalue weighted by Gasteiger charge is 2.32. The largest absolute Gasteiger partial charge is 0.384 e. The van der Waals surface area contributed by atoms with Crippen LogP contribution in [0.4, 0.5) is 5.69 Å². The molecule has 0 spiro atoms. The first-order chi connectivity index (χ1) is 10.1. The van der Waals surface area contributed by atoms with Crippen molar-refractivity contribution in [3.63, 3.8) is 0 Å². The minimum Gasteiger partial charge on any atom is -0.384 e. The number of anilines is 1. The van der Waals surface area contributed by atoms with Crippen LogP contribution in [0.2, 0.25) is 0 Å². The van der Waals surface area contributed by atoms with Crippen LogP contribution >= 0.6 is 0 Å². The fraction of sp³-hybridized carbons (Fsp3) is 0.625. The van der Waals surface area contributed by atoms with Crippen LogP contribution in [0.1, 0.15) is 39.5 Å². The smallest absolute Gasteiger partial charge is 0.245 e. The molecule has 2 rings (SSSR count). The molecule has 0 atom stereocenters. The van der Waals surface area contributed by atoms with Gasteiger partial charge in [-0.2, -0.15) is 4.31 Å². The van der Waals surface area contributed by atoms with Gasteiger partial charge in [-0.15, -0.1) is 0 Å². The molecule has 21 heavy (non-hydrogen) atoms. The molecule has 0 unspecified atom stereocenters. The third-order valence-corrected chi connectivity index (χ3v) is 5.63. The number of para-hydroxylation sites is 1. The Labute approximate surface area is 128 Å². The standard InChI is InChI=1S/C16H26N2O2S/c1-3-11-17-15-7-5-6-8-16(15)21(19,20)18(12-4-2)13-14-9-10-14/h5-8,14,17H,3-4,9-13H2,1-2H3. The second kappa shape index (κ2) is 7.27. The van der Waals surface area contributed by atoms with Gasteiger partial charge in [0.15, 0.2) is 0 Å². The predicted molar refractivity (Wildman–Crippen MR) is 87.0 cm³/mol. The number of hydrogen-bond acceptors (Lipinski definition) is 3. The lowest BCUT2D eigenvalue weighted by Gasteiger charge is -2.23. The number of sulfonamides is 1. The Hall–Kier alpha value is -1.07. The van der Waals surface area contributed by atoms with Crippen LogP contribution in [0, 0.1) is 5.92 Å². The molecule has 1 aliphatic rings. The fourth-order valence-electron chi connectivity index (χ4n) is 2.38. The lowest BCUT2D eigenvalue weighted by Crippen LogP contribution is -2.34. The van der Waals surface area contributed by atoms with E-state index in [1.165, 1.54) is 0 Å². The highest BCUT2D eigenvalue weighted by atomic mass is 32.2. The molecule has 1 aromatic rings. The summed E-state index contributed by atoms with van der Waals surface area (Å²) >= 11 is 0. The molecule has 1 N–H and O–H groups in total. The van der Waals surface area contributed by atoms with Crippen molar-refractivity contribution in [3.05, 3.63) is 24.3 Å². The monoisotopic (exact) mass is 310 g/mol. The quantitative estimate of drug-likeness (QED) is 0.761. The van der Waals surface area contributed by atoms with Gasteiger partial charge in [0.1, 0.15) is 4.90 Å². The lowest BCUT2D eigenvalue weighted by molar-refractivity contribution is 0.396. The second-order valence-electron chi connectivity index (χ2n) is 5.73. The Morgan fingerprint density at radius 3 is 2.52 bits per heavy atom. The maximum absolute atomic E-state index is 13.0. The molecule has 1 saturated carbocycles. The van der Waals surface area contributed by atoms with Gasteiger partial charge < -0.3 is 5.32 Å². The summed E-state index contributed by atoms with van der Waals surface area (Å²) in [7, 11) is -3.41. The van der Waals surface area contributed by atoms with Crippen LogP contribution in [-0.2, 0) is 10.0 Å². The van der Waals surface area contributed by atoms with E-state index in [1.54, 1.807) is 16.4 Å². The summed E-state index contributed by atoms with van der Waals surface area (Å²) in [6.45, 7) is 6.14. The van der Waals surface area contributed by atoms with Gasteiger partial charge in [-0.3, -0.25) is 0 Å². The maximum Gasteiger partial charge on any atom is 0.245 e. The van der Waals surface area contributed by atoms with E-state index in [0.29, 0.717) is 23.9 Å². The SMILES string of the molecule is CCCNc1ccccc1S(=O)(=O)N(CCC)CC1CC1. The van der Waals surface area contributed by atoms with Crippen LogP contribution < -0.4 is 5.32 Å². The number of nitrogens with one attached hydrogen (secondary N) is 1. The summed E-state index contributed by atoms with van der Waals surface area (Å²) < 4.78 is 27.6. The zero-order valence-corrected chi connectivity index (χ0v) is 13.8. The fourth-order valence-corrected chi connectivity index (χ4v) is 4.16. The van der Waals surface area contributed by atoms with Crippen LogP contribution in [0.15, 0.2) is 29.2 Å². The van der Waals surface area contributed by atoms with Gasteiger partial charge in [0.05, 0.1) is 5.69 Å². The Bertz CT molecular complexity index is 553. The van der Waals surface area contributed by atoms with Crippen molar-refractivity contribution in [2.24, 2.45) is 5.92 Å². The molecule has 5 heteroatoms. The van der Waals surface area contributed by atoms with Crippen molar-refractivity contribution in [2.45, 2.75) is 44.4 Å². The number of nitrogens with zero attached hydrogens (tertiary/aromatic N) is 1. The first-order valence-corrected chi connectivity index (χ1v) is 9.36. The molecule has 0 saturated heterocycles. The van der Waals surface area contributed by atoms with Crippen LogP contribution in [0.3, 0.4) is 0 Å². The molecule has 0 aromatic heterocycles. The number of hydrogen-bond donors (Lipinski definition) is 1. The Morgan fingerprint density at radius 2 is 1.90 bits per heavy atom. The summed E-state index contributed by atoms with van der Waals surface area (Å²) in [6.07, 6.45) is 4.13. The van der Waals surface area contributed by atoms with E-state index in [0.717, 1.165) is 37.9 Å². The molecule has 1 fully saturated rings. The number of rotatable bonds is 9. The van der Waals surface area contributed by atoms with Gasteiger partial charge in [0.25, 0.3) is 0 Å².